The van der Waals surface area contributed by atoms with E-state index in [1.807, 2.05) is 25.1 Å². The predicted molar refractivity (Wildman–Crippen MR) is 68.5 cm³/mol. The second kappa shape index (κ2) is 5.03. The fraction of sp³-hybridized carbons (Fsp3) is 0.357. The van der Waals surface area contributed by atoms with Crippen molar-refractivity contribution in [2.45, 2.75) is 19.8 Å². The third-order valence-corrected chi connectivity index (χ3v) is 2.63. The van der Waals surface area contributed by atoms with E-state index in [2.05, 4.69) is 17.2 Å². The summed E-state index contributed by atoms with van der Waals surface area (Å²) in [4.78, 5) is 11.6. The zero-order valence-electron chi connectivity index (χ0n) is 9.92. The molecule has 88 valence electrons. The maximum atomic E-state index is 11.6. The average Bonchev–Trinajstić information content (AvgIpc) is 3.09. The molecule has 1 aliphatic carbocycles. The molecule has 1 aromatic rings. The SMILES string of the molecule is Cc1cc(C#CCN)cc(NC(=O)C2CC2)c1. The van der Waals surface area contributed by atoms with E-state index in [1.54, 1.807) is 0 Å². The summed E-state index contributed by atoms with van der Waals surface area (Å²) in [5, 5.41) is 2.92. The molecule has 0 spiro atoms. The Morgan fingerprint density at radius 2 is 2.24 bits per heavy atom. The molecule has 3 nitrogen and oxygen atoms in total. The van der Waals surface area contributed by atoms with Gasteiger partial charge >= 0.3 is 0 Å². The largest absolute Gasteiger partial charge is 0.326 e. The molecule has 0 saturated heterocycles. The van der Waals surface area contributed by atoms with Crippen LogP contribution in [0.5, 0.6) is 0 Å². The number of hydrogen-bond donors (Lipinski definition) is 2. The molecule has 0 unspecified atom stereocenters. The minimum Gasteiger partial charge on any atom is -0.326 e. The van der Waals surface area contributed by atoms with Crippen molar-refractivity contribution in [3.63, 3.8) is 0 Å². The second-order valence-electron chi connectivity index (χ2n) is 4.36. The van der Waals surface area contributed by atoms with E-state index in [4.69, 9.17) is 5.73 Å². The van der Waals surface area contributed by atoms with Crippen LogP contribution in [0.3, 0.4) is 0 Å². The maximum Gasteiger partial charge on any atom is 0.227 e. The first kappa shape index (κ1) is 11.7. The summed E-state index contributed by atoms with van der Waals surface area (Å²) in [7, 11) is 0. The van der Waals surface area contributed by atoms with E-state index in [1.165, 1.54) is 0 Å². The number of carbonyl (C=O) groups is 1. The number of carbonyl (C=O) groups excluding carboxylic acids is 1. The van der Waals surface area contributed by atoms with Gasteiger partial charge in [0.1, 0.15) is 0 Å². The molecule has 0 aliphatic heterocycles. The number of anilines is 1. The van der Waals surface area contributed by atoms with Crippen LogP contribution in [0.25, 0.3) is 0 Å². The van der Waals surface area contributed by atoms with E-state index < -0.39 is 0 Å². The topological polar surface area (TPSA) is 55.1 Å². The molecule has 2 rings (SSSR count). The summed E-state index contributed by atoms with van der Waals surface area (Å²) >= 11 is 0. The van der Waals surface area contributed by atoms with Gasteiger partial charge in [-0.1, -0.05) is 11.8 Å². The second-order valence-corrected chi connectivity index (χ2v) is 4.36. The van der Waals surface area contributed by atoms with Gasteiger partial charge in [-0.15, -0.1) is 0 Å². The highest BCUT2D eigenvalue weighted by molar-refractivity contribution is 5.94. The summed E-state index contributed by atoms with van der Waals surface area (Å²) in [5.41, 5.74) is 8.13. The molecule has 0 bridgehead atoms. The molecule has 1 aliphatic rings. The first-order chi connectivity index (χ1) is 8.19. The van der Waals surface area contributed by atoms with Crippen LogP contribution in [-0.4, -0.2) is 12.5 Å². The van der Waals surface area contributed by atoms with Gasteiger partial charge in [-0.05, 0) is 43.5 Å². The molecule has 3 N–H and O–H groups in total. The van der Waals surface area contributed by atoms with Gasteiger partial charge in [0.2, 0.25) is 5.91 Å². The molecular formula is C14H16N2O. The highest BCUT2D eigenvalue weighted by Crippen LogP contribution is 2.30. The fourth-order valence-corrected chi connectivity index (χ4v) is 1.67. The molecule has 1 aromatic carbocycles. The van der Waals surface area contributed by atoms with Crippen LogP contribution in [-0.2, 0) is 4.79 Å². The molecule has 0 radical (unpaired) electrons. The Bertz CT molecular complexity index is 493. The monoisotopic (exact) mass is 228 g/mol. The van der Waals surface area contributed by atoms with Crippen LogP contribution in [0.15, 0.2) is 18.2 Å². The van der Waals surface area contributed by atoms with Crippen LogP contribution < -0.4 is 11.1 Å². The minimum absolute atomic E-state index is 0.119. The Labute approximate surface area is 101 Å². The van der Waals surface area contributed by atoms with Crippen LogP contribution in [0.4, 0.5) is 5.69 Å². The van der Waals surface area contributed by atoms with Crippen LogP contribution in [0.2, 0.25) is 0 Å². The molecule has 0 atom stereocenters. The maximum absolute atomic E-state index is 11.6. The molecule has 0 heterocycles. The van der Waals surface area contributed by atoms with E-state index in [0.717, 1.165) is 29.7 Å². The van der Waals surface area contributed by atoms with Crippen molar-refractivity contribution in [2.24, 2.45) is 11.7 Å². The van der Waals surface area contributed by atoms with Gasteiger partial charge in [0.25, 0.3) is 0 Å². The van der Waals surface area contributed by atoms with E-state index >= 15 is 0 Å². The lowest BCUT2D eigenvalue weighted by Gasteiger charge is -2.06. The zero-order valence-corrected chi connectivity index (χ0v) is 9.92. The Hall–Kier alpha value is -1.79. The molecule has 3 heteroatoms. The van der Waals surface area contributed by atoms with Crippen molar-refractivity contribution in [2.75, 3.05) is 11.9 Å². The molecule has 1 fully saturated rings. The van der Waals surface area contributed by atoms with E-state index in [0.29, 0.717) is 6.54 Å². The smallest absolute Gasteiger partial charge is 0.227 e. The van der Waals surface area contributed by atoms with Gasteiger partial charge in [0.15, 0.2) is 0 Å². The summed E-state index contributed by atoms with van der Waals surface area (Å²) < 4.78 is 0. The van der Waals surface area contributed by atoms with Gasteiger partial charge < -0.3 is 11.1 Å². The van der Waals surface area contributed by atoms with Crippen molar-refractivity contribution >= 4 is 11.6 Å². The van der Waals surface area contributed by atoms with Crippen LogP contribution in [0.1, 0.15) is 24.0 Å². The van der Waals surface area contributed by atoms with E-state index in [9.17, 15) is 4.79 Å². The standard InChI is InChI=1S/C14H16N2O/c1-10-7-11(3-2-6-15)9-13(8-10)16-14(17)12-4-5-12/h7-9,12H,4-6,15H2,1H3,(H,16,17). The zero-order chi connectivity index (χ0) is 12.3. The Kier molecular flexibility index (Phi) is 3.46. The van der Waals surface area contributed by atoms with Gasteiger partial charge in [-0.25, -0.2) is 0 Å². The highest BCUT2D eigenvalue weighted by atomic mass is 16.2. The van der Waals surface area contributed by atoms with Gasteiger partial charge in [-0.3, -0.25) is 4.79 Å². The number of aryl methyl sites for hydroxylation is 1. The molecular weight excluding hydrogens is 212 g/mol. The number of benzene rings is 1. The van der Waals surface area contributed by atoms with Gasteiger partial charge in [0.05, 0.1) is 6.54 Å². The fourth-order valence-electron chi connectivity index (χ4n) is 1.67. The number of nitrogens with two attached hydrogens (primary N) is 1. The lowest BCUT2D eigenvalue weighted by atomic mass is 10.1. The lowest BCUT2D eigenvalue weighted by molar-refractivity contribution is -0.117. The number of hydrogen-bond acceptors (Lipinski definition) is 2. The van der Waals surface area contributed by atoms with Crippen molar-refractivity contribution < 1.29 is 4.79 Å². The van der Waals surface area contributed by atoms with Gasteiger partial charge in [-0.2, -0.15) is 0 Å². The number of rotatable bonds is 2. The summed E-state index contributed by atoms with van der Waals surface area (Å²) in [6.45, 7) is 2.33. The van der Waals surface area contributed by atoms with E-state index in [-0.39, 0.29) is 11.8 Å². The molecule has 1 amide bonds. The molecule has 0 aromatic heterocycles. The normalized spacial score (nSPS) is 13.8. The van der Waals surface area contributed by atoms with Crippen molar-refractivity contribution in [1.82, 2.24) is 0 Å². The predicted octanol–water partition coefficient (Wildman–Crippen LogP) is 1.65. The highest BCUT2D eigenvalue weighted by Gasteiger charge is 2.29. The number of nitrogens with one attached hydrogen (secondary N) is 1. The summed E-state index contributed by atoms with van der Waals surface area (Å²) in [6, 6.07) is 5.82. The quantitative estimate of drug-likeness (QED) is 0.756. The molecule has 17 heavy (non-hydrogen) atoms. The summed E-state index contributed by atoms with van der Waals surface area (Å²) in [5.74, 6) is 6.13. The van der Waals surface area contributed by atoms with Crippen LogP contribution >= 0.6 is 0 Å². The average molecular weight is 228 g/mol. The Morgan fingerprint density at radius 3 is 2.88 bits per heavy atom. The Morgan fingerprint density at radius 1 is 1.47 bits per heavy atom. The van der Waals surface area contributed by atoms with Crippen molar-refractivity contribution in [3.8, 4) is 11.8 Å². The summed E-state index contributed by atoms with van der Waals surface area (Å²) in [6.07, 6.45) is 2.02. The minimum atomic E-state index is 0.119. The van der Waals surface area contributed by atoms with Crippen molar-refractivity contribution in [1.29, 1.82) is 0 Å². The van der Waals surface area contributed by atoms with Crippen molar-refractivity contribution in [3.05, 3.63) is 29.3 Å². The molecule has 1 saturated carbocycles. The third kappa shape index (κ3) is 3.33. The Balaban J connectivity index is 2.15. The first-order valence-corrected chi connectivity index (χ1v) is 5.80. The number of amides is 1. The van der Waals surface area contributed by atoms with Crippen LogP contribution in [0, 0.1) is 24.7 Å². The van der Waals surface area contributed by atoms with Gasteiger partial charge in [0, 0.05) is 17.2 Å². The first-order valence-electron chi connectivity index (χ1n) is 5.80. The lowest BCUT2D eigenvalue weighted by Crippen LogP contribution is -2.13. The third-order valence-electron chi connectivity index (χ3n) is 2.63.